The Morgan fingerprint density at radius 3 is 1.40 bits per heavy atom. The molecule has 0 rings (SSSR count). The Labute approximate surface area is 110 Å². The van der Waals surface area contributed by atoms with Crippen molar-refractivity contribution < 1.29 is 0 Å². The summed E-state index contributed by atoms with van der Waals surface area (Å²) in [5.74, 6) is 0. The molecule has 0 aliphatic rings. The monoisotopic (exact) mass is 524 g/mol. The Morgan fingerprint density at radius 2 is 1.30 bits per heavy atom. The van der Waals surface area contributed by atoms with Crippen LogP contribution >= 0.6 is 95.6 Å². The standard InChI is InChI=1S/C4H2Br6/c5-2-1-3(6,7)4(8,9)10/h1-2H. The summed E-state index contributed by atoms with van der Waals surface area (Å²) in [7, 11) is 0. The number of hydrogen-bond acceptors (Lipinski definition) is 0. The summed E-state index contributed by atoms with van der Waals surface area (Å²) in [5, 5.41) is 0. The van der Waals surface area contributed by atoms with Gasteiger partial charge in [-0.1, -0.05) is 95.6 Å². The zero-order valence-corrected chi connectivity index (χ0v) is 13.9. The summed E-state index contributed by atoms with van der Waals surface area (Å²) >= 11 is 20.1. The van der Waals surface area contributed by atoms with Gasteiger partial charge >= 0.3 is 0 Å². The first kappa shape index (κ1) is 12.6. The van der Waals surface area contributed by atoms with Crippen molar-refractivity contribution in [1.29, 1.82) is 0 Å². The maximum atomic E-state index is 3.42. The molecule has 0 aromatic rings. The molecule has 0 saturated carbocycles. The van der Waals surface area contributed by atoms with Gasteiger partial charge in [0.25, 0.3) is 0 Å². The topological polar surface area (TPSA) is 0 Å². The molecule has 0 radical (unpaired) electrons. The van der Waals surface area contributed by atoms with Crippen LogP contribution in [0.15, 0.2) is 11.1 Å². The Morgan fingerprint density at radius 1 is 0.900 bits per heavy atom. The van der Waals surface area contributed by atoms with Gasteiger partial charge in [-0.2, -0.15) is 0 Å². The van der Waals surface area contributed by atoms with E-state index in [2.05, 4.69) is 95.6 Å². The van der Waals surface area contributed by atoms with Crippen molar-refractivity contribution in [2.24, 2.45) is 0 Å². The average Bonchev–Trinajstić information content (AvgIpc) is 1.61. The van der Waals surface area contributed by atoms with Crippen LogP contribution in [0.1, 0.15) is 0 Å². The predicted octanol–water partition coefficient (Wildman–Crippen LogP) is 5.22. The minimum absolute atomic E-state index is 0.365. The highest BCUT2D eigenvalue weighted by atomic mass is 80.0. The van der Waals surface area contributed by atoms with Gasteiger partial charge in [-0.15, -0.1) is 0 Å². The highest BCUT2D eigenvalue weighted by molar-refractivity contribution is 9.41. The molecule has 0 fully saturated rings. The van der Waals surface area contributed by atoms with Crippen LogP contribution in [-0.2, 0) is 0 Å². The van der Waals surface area contributed by atoms with E-state index in [9.17, 15) is 0 Å². The highest BCUT2D eigenvalue weighted by Crippen LogP contribution is 2.53. The minimum atomic E-state index is -0.399. The zero-order chi connectivity index (χ0) is 8.41. The lowest BCUT2D eigenvalue weighted by atomic mass is 10.5. The molecule has 0 aromatic heterocycles. The third kappa shape index (κ3) is 4.03. The van der Waals surface area contributed by atoms with E-state index in [1.54, 1.807) is 4.99 Å². The van der Waals surface area contributed by atoms with E-state index in [4.69, 9.17) is 0 Å². The number of allylic oxidation sites excluding steroid dienone is 1. The lowest BCUT2D eigenvalue weighted by Gasteiger charge is -2.25. The lowest BCUT2D eigenvalue weighted by Crippen LogP contribution is -2.25. The van der Waals surface area contributed by atoms with Gasteiger partial charge in [0.05, 0.1) is 0 Å². The van der Waals surface area contributed by atoms with Crippen LogP contribution in [0.2, 0.25) is 0 Å². The van der Waals surface area contributed by atoms with Gasteiger partial charge in [-0.05, 0) is 11.1 Å². The second-order valence-electron chi connectivity index (χ2n) is 1.41. The fraction of sp³-hybridized carbons (Fsp3) is 0.500. The van der Waals surface area contributed by atoms with Crippen LogP contribution in [0.4, 0.5) is 0 Å². The van der Waals surface area contributed by atoms with Gasteiger partial charge in [0.15, 0.2) is 2.14 Å². The molecule has 0 aromatic carbocycles. The molecular weight excluding hydrogens is 527 g/mol. The zero-order valence-electron chi connectivity index (χ0n) is 4.42. The van der Waals surface area contributed by atoms with E-state index in [0.717, 1.165) is 0 Å². The summed E-state index contributed by atoms with van der Waals surface area (Å²) in [5.41, 5.74) is 0. The SMILES string of the molecule is BrC=CC(Br)(Br)C(Br)(Br)Br. The van der Waals surface area contributed by atoms with Crippen molar-refractivity contribution >= 4 is 95.6 Å². The largest absolute Gasteiger partial charge is 0.163 e. The molecule has 0 aliphatic carbocycles. The van der Waals surface area contributed by atoms with E-state index in [0.29, 0.717) is 0 Å². The quantitative estimate of drug-likeness (QED) is 0.409. The molecule has 60 valence electrons. The van der Waals surface area contributed by atoms with Crippen molar-refractivity contribution in [1.82, 2.24) is 0 Å². The van der Waals surface area contributed by atoms with Crippen LogP contribution in [0.3, 0.4) is 0 Å². The maximum Gasteiger partial charge on any atom is 0.163 e. The van der Waals surface area contributed by atoms with E-state index in [1.807, 2.05) is 6.08 Å². The van der Waals surface area contributed by atoms with Crippen molar-refractivity contribution in [3.05, 3.63) is 11.1 Å². The normalized spacial score (nSPS) is 14.6. The first-order chi connectivity index (χ1) is 4.31. The Bertz CT molecular complexity index is 131. The van der Waals surface area contributed by atoms with Gasteiger partial charge in [0, 0.05) is 0 Å². The predicted molar refractivity (Wildman–Crippen MR) is 68.2 cm³/mol. The van der Waals surface area contributed by atoms with Crippen molar-refractivity contribution in [2.45, 2.75) is 5.38 Å². The van der Waals surface area contributed by atoms with E-state index in [-0.39, 0.29) is 3.23 Å². The highest BCUT2D eigenvalue weighted by Gasteiger charge is 2.40. The second kappa shape index (κ2) is 4.74. The molecule has 0 atom stereocenters. The van der Waals surface area contributed by atoms with Crippen LogP contribution in [0.25, 0.3) is 0 Å². The van der Waals surface area contributed by atoms with Crippen LogP contribution in [0.5, 0.6) is 0 Å². The van der Waals surface area contributed by atoms with Crippen LogP contribution in [-0.4, -0.2) is 5.38 Å². The van der Waals surface area contributed by atoms with E-state index >= 15 is 0 Å². The fourth-order valence-corrected chi connectivity index (χ4v) is 1.94. The smallest absolute Gasteiger partial charge is 0.0645 e. The number of halogens is 6. The van der Waals surface area contributed by atoms with Crippen molar-refractivity contribution in [3.8, 4) is 0 Å². The molecule has 0 saturated heterocycles. The molecule has 0 nitrogen and oxygen atoms in total. The molecule has 0 bridgehead atoms. The number of hydrogen-bond donors (Lipinski definition) is 0. The Hall–Kier alpha value is 2.62. The summed E-state index contributed by atoms with van der Waals surface area (Å²) in [6, 6.07) is 0. The van der Waals surface area contributed by atoms with Gasteiger partial charge in [-0.25, -0.2) is 0 Å². The van der Waals surface area contributed by atoms with E-state index < -0.39 is 2.14 Å². The molecular formula is C4H2Br6. The molecule has 0 aliphatic heterocycles. The Kier molecular flexibility index (Phi) is 5.99. The summed E-state index contributed by atoms with van der Waals surface area (Å²) in [6.07, 6.45) is 1.88. The third-order valence-corrected chi connectivity index (χ3v) is 7.70. The average molecular weight is 529 g/mol. The molecule has 0 unspecified atom stereocenters. The summed E-state index contributed by atoms with van der Waals surface area (Å²) in [6.45, 7) is 0. The molecule has 0 spiro atoms. The third-order valence-electron chi connectivity index (χ3n) is 0.650. The van der Waals surface area contributed by atoms with Crippen molar-refractivity contribution in [2.75, 3.05) is 0 Å². The van der Waals surface area contributed by atoms with Gasteiger partial charge in [0.1, 0.15) is 3.23 Å². The minimum Gasteiger partial charge on any atom is -0.0645 e. The Balaban J connectivity index is 4.40. The van der Waals surface area contributed by atoms with Crippen molar-refractivity contribution in [3.63, 3.8) is 0 Å². The van der Waals surface area contributed by atoms with E-state index in [1.165, 1.54) is 0 Å². The van der Waals surface area contributed by atoms with Crippen LogP contribution < -0.4 is 0 Å². The summed E-state index contributed by atoms with van der Waals surface area (Å²) < 4.78 is -0.763. The molecule has 10 heavy (non-hydrogen) atoms. The number of alkyl halides is 5. The second-order valence-corrected chi connectivity index (χ2v) is 12.3. The molecule has 0 heterocycles. The van der Waals surface area contributed by atoms with Gasteiger partial charge in [-0.3, -0.25) is 0 Å². The first-order valence-electron chi connectivity index (χ1n) is 2.04. The van der Waals surface area contributed by atoms with Gasteiger partial charge in [0.2, 0.25) is 0 Å². The van der Waals surface area contributed by atoms with Gasteiger partial charge < -0.3 is 0 Å². The first-order valence-corrected chi connectivity index (χ1v) is 6.92. The maximum absolute atomic E-state index is 3.42. The summed E-state index contributed by atoms with van der Waals surface area (Å²) in [4.78, 5) is 1.76. The number of rotatable bonds is 1. The molecule has 6 heteroatoms. The lowest BCUT2D eigenvalue weighted by molar-refractivity contribution is 1.16. The molecule has 0 amide bonds. The van der Waals surface area contributed by atoms with Crippen LogP contribution in [0, 0.1) is 0 Å². The molecule has 0 N–H and O–H groups in total. The fourth-order valence-electron chi connectivity index (χ4n) is 0.174.